The first-order valence-electron chi connectivity index (χ1n) is 21.7. The highest BCUT2D eigenvalue weighted by molar-refractivity contribution is 6.34. The Bertz CT molecular complexity index is 1810. The molecule has 0 heterocycles. The van der Waals surface area contributed by atoms with Gasteiger partial charge in [-0.3, -0.25) is 24.0 Å². The fourth-order valence-electron chi connectivity index (χ4n) is 13.6. The van der Waals surface area contributed by atoms with Crippen LogP contribution in [0, 0.1) is 56.2 Å². The summed E-state index contributed by atoms with van der Waals surface area (Å²) in [5.41, 5.74) is 1.64. The zero-order chi connectivity index (χ0) is 42.1. The van der Waals surface area contributed by atoms with Gasteiger partial charge in [-0.2, -0.15) is 0 Å². The Balaban J connectivity index is 1.29. The number of esters is 1. The second-order valence-corrected chi connectivity index (χ2v) is 21.3. The molecule has 2 amide bonds. The number of hydrogen-bond acceptors (Lipinski definition) is 6. The Morgan fingerprint density at radius 1 is 0.860 bits per heavy atom. The largest absolute Gasteiger partial charge is 0.481 e. The zero-order valence-corrected chi connectivity index (χ0v) is 36.8. The number of carboxylic acids is 1. The number of ketones is 1. The summed E-state index contributed by atoms with van der Waals surface area (Å²) in [5.74, 6) is -1.02. The predicted octanol–water partition coefficient (Wildman–Crippen LogP) is 8.89. The fourth-order valence-corrected chi connectivity index (χ4v) is 13.6. The number of carboxylic acid groups (broad SMARTS) is 1. The van der Waals surface area contributed by atoms with E-state index < -0.39 is 29.2 Å². The van der Waals surface area contributed by atoms with Gasteiger partial charge in [0.25, 0.3) is 0 Å². The van der Waals surface area contributed by atoms with E-state index in [0.29, 0.717) is 37.8 Å². The van der Waals surface area contributed by atoms with Gasteiger partial charge in [0.15, 0.2) is 5.78 Å². The van der Waals surface area contributed by atoms with E-state index in [0.717, 1.165) is 62.5 Å². The Hall–Kier alpha value is -3.49. The molecule has 1 aromatic carbocycles. The molecule has 8 atom stereocenters. The van der Waals surface area contributed by atoms with Gasteiger partial charge in [0, 0.05) is 44.4 Å². The van der Waals surface area contributed by atoms with Gasteiger partial charge in [0.05, 0.1) is 11.8 Å². The standard InChI is InChI=1S/C48H70N2O7/c1-30(2)38-33(51)27-48(25-26-50(41(54)40(53)49(10)11)29-31-15-13-12-14-16-31)24-23-46(8)32(39(38)48)17-18-35-45(7)21-20-36(57-37(52)28-43(3,4)42(55)56)44(5,6)34(45)19-22-47(35,46)9/h12-16,30,32,34-36H,17-29H2,1-11H3,(H,55,56)/t32-,34+,35-,36+,45+,46-,47-,48-/m1/s1. The van der Waals surface area contributed by atoms with Gasteiger partial charge < -0.3 is 19.6 Å². The van der Waals surface area contributed by atoms with E-state index >= 15 is 0 Å². The molecule has 1 N–H and O–H groups in total. The summed E-state index contributed by atoms with van der Waals surface area (Å²) in [6, 6.07) is 9.84. The highest BCUT2D eigenvalue weighted by atomic mass is 16.5. The second-order valence-electron chi connectivity index (χ2n) is 21.3. The van der Waals surface area contributed by atoms with Crippen LogP contribution in [0.15, 0.2) is 41.5 Å². The minimum atomic E-state index is -1.18. The van der Waals surface area contributed by atoms with Crippen LogP contribution in [0.4, 0.5) is 0 Å². The molecule has 5 aliphatic carbocycles. The van der Waals surface area contributed by atoms with Gasteiger partial charge in [-0.1, -0.05) is 84.4 Å². The van der Waals surface area contributed by atoms with Crippen molar-refractivity contribution in [2.24, 2.45) is 56.2 Å². The molecule has 6 rings (SSSR count). The minimum absolute atomic E-state index is 0.0240. The summed E-state index contributed by atoms with van der Waals surface area (Å²) in [5, 5.41) is 9.64. The molecule has 314 valence electrons. The predicted molar refractivity (Wildman–Crippen MR) is 221 cm³/mol. The van der Waals surface area contributed by atoms with Crippen molar-refractivity contribution in [1.82, 2.24) is 9.80 Å². The molecule has 57 heavy (non-hydrogen) atoms. The lowest BCUT2D eigenvalue weighted by Gasteiger charge is -2.72. The average Bonchev–Trinajstić information content (AvgIpc) is 3.43. The Morgan fingerprint density at radius 3 is 2.14 bits per heavy atom. The van der Waals surface area contributed by atoms with Gasteiger partial charge in [0.1, 0.15) is 6.10 Å². The van der Waals surface area contributed by atoms with Crippen molar-refractivity contribution in [1.29, 1.82) is 0 Å². The highest BCUT2D eigenvalue weighted by Crippen LogP contribution is 2.77. The first kappa shape index (κ1) is 43.1. The van der Waals surface area contributed by atoms with Crippen molar-refractivity contribution in [3.8, 4) is 0 Å². The number of carbonyl (C=O) groups is 5. The Kier molecular flexibility index (Phi) is 11.3. The summed E-state index contributed by atoms with van der Waals surface area (Å²) in [6.07, 6.45) is 8.56. The molecule has 0 unspecified atom stereocenters. The van der Waals surface area contributed by atoms with E-state index in [9.17, 15) is 29.1 Å². The lowest BCUT2D eigenvalue weighted by Crippen LogP contribution is -2.65. The minimum Gasteiger partial charge on any atom is -0.481 e. The average molecular weight is 787 g/mol. The smallest absolute Gasteiger partial charge is 0.312 e. The quantitative estimate of drug-likeness (QED) is 0.186. The van der Waals surface area contributed by atoms with Crippen LogP contribution >= 0.6 is 0 Å². The molecule has 9 nitrogen and oxygen atoms in total. The third kappa shape index (κ3) is 7.08. The molecule has 4 saturated carbocycles. The normalized spacial score (nSPS) is 34.4. The zero-order valence-electron chi connectivity index (χ0n) is 36.8. The molecular weight excluding hydrogens is 717 g/mol. The fraction of sp³-hybridized carbons (Fsp3) is 0.729. The maximum Gasteiger partial charge on any atom is 0.312 e. The highest BCUT2D eigenvalue weighted by Gasteiger charge is 2.70. The number of likely N-dealkylation sites (N-methyl/N-ethyl adjacent to an activating group) is 1. The molecule has 9 heteroatoms. The number of nitrogens with zero attached hydrogens (tertiary/aromatic N) is 2. The van der Waals surface area contributed by atoms with Crippen LogP contribution in [0.1, 0.15) is 139 Å². The van der Waals surface area contributed by atoms with Gasteiger partial charge in [0.2, 0.25) is 0 Å². The second kappa shape index (κ2) is 15.0. The monoisotopic (exact) mass is 787 g/mol. The third-order valence-corrected chi connectivity index (χ3v) is 16.9. The summed E-state index contributed by atoms with van der Waals surface area (Å²) in [7, 11) is 3.23. The number of ether oxygens (including phenoxy) is 1. The van der Waals surface area contributed by atoms with Crippen molar-refractivity contribution in [3.05, 3.63) is 47.0 Å². The molecule has 0 aliphatic heterocycles. The van der Waals surface area contributed by atoms with Crippen LogP contribution in [0.25, 0.3) is 0 Å². The van der Waals surface area contributed by atoms with Crippen LogP contribution in [-0.2, 0) is 35.3 Å². The molecule has 0 aromatic heterocycles. The number of rotatable bonds is 10. The molecule has 0 saturated heterocycles. The van der Waals surface area contributed by atoms with Crippen molar-refractivity contribution >= 4 is 29.5 Å². The number of carbonyl (C=O) groups excluding carboxylic acids is 4. The maximum atomic E-state index is 14.3. The number of amides is 2. The lowest BCUT2D eigenvalue weighted by atomic mass is 9.33. The molecule has 5 aliphatic rings. The first-order chi connectivity index (χ1) is 26.4. The van der Waals surface area contributed by atoms with Crippen molar-refractivity contribution in [2.75, 3.05) is 20.6 Å². The van der Waals surface area contributed by atoms with Crippen LogP contribution in [0.3, 0.4) is 0 Å². The summed E-state index contributed by atoms with van der Waals surface area (Å²) < 4.78 is 6.18. The lowest BCUT2D eigenvalue weighted by molar-refractivity contribution is -0.233. The van der Waals surface area contributed by atoms with Crippen molar-refractivity contribution in [3.63, 3.8) is 0 Å². The molecule has 0 spiro atoms. The van der Waals surface area contributed by atoms with E-state index in [4.69, 9.17) is 4.74 Å². The number of fused-ring (bicyclic) bond motifs is 7. The van der Waals surface area contributed by atoms with Crippen molar-refractivity contribution in [2.45, 2.75) is 146 Å². The van der Waals surface area contributed by atoms with Gasteiger partial charge in [-0.15, -0.1) is 0 Å². The molecule has 1 aromatic rings. The summed E-state index contributed by atoms with van der Waals surface area (Å²) in [4.78, 5) is 69.0. The van der Waals surface area contributed by atoms with E-state index in [1.54, 1.807) is 32.8 Å². The molecule has 0 bridgehead atoms. The first-order valence-corrected chi connectivity index (χ1v) is 21.7. The van der Waals surface area contributed by atoms with Gasteiger partial charge >= 0.3 is 23.8 Å². The summed E-state index contributed by atoms with van der Waals surface area (Å²) >= 11 is 0. The van der Waals surface area contributed by atoms with E-state index in [-0.39, 0.29) is 57.2 Å². The van der Waals surface area contributed by atoms with Crippen LogP contribution < -0.4 is 0 Å². The Morgan fingerprint density at radius 2 is 1.53 bits per heavy atom. The van der Waals surface area contributed by atoms with E-state index in [1.807, 2.05) is 30.3 Å². The van der Waals surface area contributed by atoms with Gasteiger partial charge in [-0.05, 0) is 123 Å². The molecule has 0 radical (unpaired) electrons. The molecule has 4 fully saturated rings. The molecular formula is C48H70N2O7. The van der Waals surface area contributed by atoms with Crippen molar-refractivity contribution < 1.29 is 33.8 Å². The van der Waals surface area contributed by atoms with Gasteiger partial charge in [-0.25, -0.2) is 0 Å². The van der Waals surface area contributed by atoms with Crippen LogP contribution in [0.2, 0.25) is 0 Å². The van der Waals surface area contributed by atoms with Crippen LogP contribution in [-0.4, -0.2) is 71.2 Å². The topological polar surface area (TPSA) is 121 Å². The number of aliphatic carboxylic acids is 1. The number of allylic oxidation sites excluding steroid dienone is 2. The maximum absolute atomic E-state index is 14.3. The third-order valence-electron chi connectivity index (χ3n) is 16.9. The number of Topliss-reactive ketones (excluding diaryl/α,β-unsaturated/α-hetero) is 1. The Labute approximate surface area is 341 Å². The van der Waals surface area contributed by atoms with E-state index in [2.05, 4.69) is 48.5 Å². The SMILES string of the molecule is CC(C)C1=C2[C@H]3CC[C@@H]4[C@@]5(C)CC[C@H](OC(=O)CC(C)(C)C(=O)O)C(C)(C)[C@@H]5CC[C@@]4(C)[C@]3(C)CC[C@@]2(CCN(Cc2ccccc2)C(=O)C(=O)N(C)C)CC1=O. The number of benzene rings is 1. The summed E-state index contributed by atoms with van der Waals surface area (Å²) in [6.45, 7) is 20.4. The van der Waals surface area contributed by atoms with Crippen LogP contribution in [0.5, 0.6) is 0 Å². The van der Waals surface area contributed by atoms with E-state index in [1.165, 1.54) is 10.5 Å². The number of hydrogen-bond donors (Lipinski definition) is 1.